The van der Waals surface area contributed by atoms with E-state index in [4.69, 9.17) is 9.47 Å². The predicted octanol–water partition coefficient (Wildman–Crippen LogP) is 8.34. The number of rotatable bonds is 14. The quantitative estimate of drug-likeness (QED) is 0.0441. The molecule has 5 rings (SSSR count). The van der Waals surface area contributed by atoms with Crippen molar-refractivity contribution in [3.05, 3.63) is 176 Å². The largest absolute Gasteiger partial charge is 0.493 e. The molecule has 4 aromatic carbocycles. The Morgan fingerprint density at radius 3 is 2.33 bits per heavy atom. The van der Waals surface area contributed by atoms with Crippen molar-refractivity contribution >= 4 is 62.3 Å². The first kappa shape index (κ1) is 39.2. The first-order valence-electron chi connectivity index (χ1n) is 16.5. The molecule has 0 fully saturated rings. The smallest absolute Gasteiger partial charge is 0.285 e. The van der Waals surface area contributed by atoms with E-state index < -0.39 is 22.8 Å². The molecule has 0 atom stereocenters. The molecule has 1 heterocycles. The Balaban J connectivity index is 1.41. The van der Waals surface area contributed by atoms with Crippen LogP contribution < -0.4 is 14.8 Å². The number of halogens is 1. The topological polar surface area (TPSA) is 140 Å². The fourth-order valence-electron chi connectivity index (χ4n) is 5.44. The number of carbonyl (C=O) groups is 3. The lowest BCUT2D eigenvalue weighted by Crippen LogP contribution is -2.42. The predicted molar refractivity (Wildman–Crippen MR) is 214 cm³/mol. The molecule has 1 aliphatic heterocycles. The van der Waals surface area contributed by atoms with Crippen molar-refractivity contribution in [3.8, 4) is 11.5 Å². The third-order valence-electron chi connectivity index (χ3n) is 7.98. The van der Waals surface area contributed by atoms with E-state index in [1.807, 2.05) is 60.7 Å². The maximum Gasteiger partial charge on any atom is 0.285 e. The zero-order valence-electron chi connectivity index (χ0n) is 29.3. The SMILES string of the molecule is C=C/C=C\C(=C/C)N1C(=O)/C(=C/c2cc(Br)c(OCc3cccc([N+](=O)[O-])c3)c(OC)c2)C(=O)N=C1SCC(=O)NC(c1ccccc1)c1ccccc1. The molecule has 274 valence electrons. The molecule has 1 N–H and O–H groups in total. The van der Waals surface area contributed by atoms with Crippen LogP contribution in [0, 0.1) is 10.1 Å². The standard InChI is InChI=1S/C41H35BrN4O7S/c1-4-6-19-31(5-2)45-40(49)33(22-28-23-34(42)38(35(24-28)52-3)53-25-27-14-13-20-32(21-27)46(50)51)39(48)44-41(45)54-26-36(47)43-37(29-15-9-7-10-16-29)30-17-11-8-12-18-30/h4-24,37H,1,25-26H2,2-3H3,(H,43,47)/b19-6-,31-5+,33-22+. The van der Waals surface area contributed by atoms with Crippen molar-refractivity contribution < 1.29 is 28.8 Å². The van der Waals surface area contributed by atoms with Crippen LogP contribution in [0.2, 0.25) is 0 Å². The van der Waals surface area contributed by atoms with Crippen LogP contribution in [-0.2, 0) is 21.0 Å². The van der Waals surface area contributed by atoms with Gasteiger partial charge in [0.25, 0.3) is 17.5 Å². The molecular weight excluding hydrogens is 772 g/mol. The van der Waals surface area contributed by atoms with Gasteiger partial charge in [0.2, 0.25) is 5.91 Å². The second-order valence-corrected chi connectivity index (χ2v) is 13.4. The van der Waals surface area contributed by atoms with Gasteiger partial charge < -0.3 is 14.8 Å². The van der Waals surface area contributed by atoms with Gasteiger partial charge in [-0.1, -0.05) is 109 Å². The van der Waals surface area contributed by atoms with E-state index in [0.29, 0.717) is 27.0 Å². The number of carbonyl (C=O) groups excluding carboxylic acids is 3. The molecule has 0 spiro atoms. The molecule has 0 aliphatic carbocycles. The number of thioether (sulfide) groups is 1. The third-order valence-corrected chi connectivity index (χ3v) is 9.51. The number of amidine groups is 1. The van der Waals surface area contributed by atoms with Crippen LogP contribution in [0.4, 0.5) is 5.69 Å². The summed E-state index contributed by atoms with van der Waals surface area (Å²) in [6.45, 7) is 5.47. The monoisotopic (exact) mass is 806 g/mol. The number of methoxy groups -OCH3 is 1. The van der Waals surface area contributed by atoms with Crippen LogP contribution in [0.25, 0.3) is 6.08 Å². The highest BCUT2D eigenvalue weighted by Crippen LogP contribution is 2.38. The number of nitro benzene ring substituents is 1. The minimum absolute atomic E-state index is 0.0136. The highest BCUT2D eigenvalue weighted by molar-refractivity contribution is 9.10. The summed E-state index contributed by atoms with van der Waals surface area (Å²) in [5.74, 6) is -1.28. The van der Waals surface area contributed by atoms with Gasteiger partial charge in [0.1, 0.15) is 12.2 Å². The lowest BCUT2D eigenvalue weighted by Gasteiger charge is -2.28. The molecule has 0 saturated carbocycles. The lowest BCUT2D eigenvalue weighted by molar-refractivity contribution is -0.384. The number of nitrogens with one attached hydrogen (secondary N) is 1. The van der Waals surface area contributed by atoms with E-state index in [0.717, 1.165) is 22.9 Å². The molecule has 0 bridgehead atoms. The number of amides is 3. The zero-order chi connectivity index (χ0) is 38.6. The molecule has 4 aromatic rings. The Bertz CT molecular complexity index is 2150. The van der Waals surface area contributed by atoms with E-state index in [9.17, 15) is 24.5 Å². The van der Waals surface area contributed by atoms with Gasteiger partial charge in [0.05, 0.1) is 28.3 Å². The number of nitro groups is 1. The van der Waals surface area contributed by atoms with Gasteiger partial charge in [-0.3, -0.25) is 29.4 Å². The molecule has 0 saturated heterocycles. The Kier molecular flexibility index (Phi) is 13.5. The molecule has 1 aliphatic rings. The maximum absolute atomic E-state index is 14.2. The average molecular weight is 808 g/mol. The normalized spacial score (nSPS) is 14.0. The van der Waals surface area contributed by atoms with Crippen LogP contribution in [0.1, 0.15) is 35.2 Å². The summed E-state index contributed by atoms with van der Waals surface area (Å²) in [6, 6.07) is 28.0. The molecule has 54 heavy (non-hydrogen) atoms. The van der Waals surface area contributed by atoms with E-state index in [-0.39, 0.29) is 40.4 Å². The second kappa shape index (κ2) is 18.6. The first-order chi connectivity index (χ1) is 26.1. The van der Waals surface area contributed by atoms with Crippen LogP contribution in [0.3, 0.4) is 0 Å². The number of hydrogen-bond acceptors (Lipinski definition) is 8. The molecule has 11 nitrogen and oxygen atoms in total. The highest BCUT2D eigenvalue weighted by atomic mass is 79.9. The maximum atomic E-state index is 14.2. The number of non-ortho nitro benzene ring substituents is 1. The van der Waals surface area contributed by atoms with Gasteiger partial charge in [-0.05, 0) is 69.4 Å². The van der Waals surface area contributed by atoms with Crippen molar-refractivity contribution in [1.82, 2.24) is 10.2 Å². The number of hydrogen-bond donors (Lipinski definition) is 1. The summed E-state index contributed by atoms with van der Waals surface area (Å²) in [6.07, 6.45) is 7.95. The van der Waals surface area contributed by atoms with Gasteiger partial charge in [0, 0.05) is 17.8 Å². The van der Waals surface area contributed by atoms with Crippen LogP contribution in [0.5, 0.6) is 11.5 Å². The summed E-state index contributed by atoms with van der Waals surface area (Å²) in [4.78, 5) is 57.4. The van der Waals surface area contributed by atoms with Crippen LogP contribution in [0.15, 0.2) is 149 Å². The highest BCUT2D eigenvalue weighted by Gasteiger charge is 2.35. The molecule has 0 radical (unpaired) electrons. The summed E-state index contributed by atoms with van der Waals surface area (Å²) in [5.41, 5.74) is 2.94. The van der Waals surface area contributed by atoms with Crippen molar-refractivity contribution in [3.63, 3.8) is 0 Å². The average Bonchev–Trinajstić information content (AvgIpc) is 3.18. The van der Waals surface area contributed by atoms with Crippen molar-refractivity contribution in [2.75, 3.05) is 12.9 Å². The van der Waals surface area contributed by atoms with E-state index in [1.165, 1.54) is 30.2 Å². The summed E-state index contributed by atoms with van der Waals surface area (Å²) in [7, 11) is 1.44. The fraction of sp³-hybridized carbons (Fsp3) is 0.122. The van der Waals surface area contributed by atoms with Crippen LogP contribution in [-0.4, -0.2) is 45.6 Å². The summed E-state index contributed by atoms with van der Waals surface area (Å²) >= 11 is 4.46. The van der Waals surface area contributed by atoms with Gasteiger partial charge in [-0.25, -0.2) is 0 Å². The van der Waals surface area contributed by atoms with Crippen molar-refractivity contribution in [1.29, 1.82) is 0 Å². The number of nitrogens with zero attached hydrogens (tertiary/aromatic N) is 3. The molecule has 3 amide bonds. The van der Waals surface area contributed by atoms with Gasteiger partial charge in [-0.15, -0.1) is 0 Å². The van der Waals surface area contributed by atoms with Gasteiger partial charge >= 0.3 is 0 Å². The Hall–Kier alpha value is -6.05. The third kappa shape index (κ3) is 9.68. The Morgan fingerprint density at radius 1 is 1.04 bits per heavy atom. The van der Waals surface area contributed by atoms with Gasteiger partial charge in [0.15, 0.2) is 16.7 Å². The number of benzene rings is 4. The van der Waals surface area contributed by atoms with E-state index >= 15 is 0 Å². The van der Waals surface area contributed by atoms with Crippen molar-refractivity contribution in [2.45, 2.75) is 19.6 Å². The zero-order valence-corrected chi connectivity index (χ0v) is 31.7. The lowest BCUT2D eigenvalue weighted by atomic mass is 9.99. The van der Waals surface area contributed by atoms with Crippen molar-refractivity contribution in [2.24, 2.45) is 4.99 Å². The van der Waals surface area contributed by atoms with Crippen LogP contribution >= 0.6 is 27.7 Å². The number of ether oxygens (including phenoxy) is 2. The molecule has 13 heteroatoms. The Morgan fingerprint density at radius 2 is 1.72 bits per heavy atom. The second-order valence-electron chi connectivity index (χ2n) is 11.6. The first-order valence-corrected chi connectivity index (χ1v) is 18.3. The fourth-order valence-corrected chi connectivity index (χ4v) is 6.82. The van der Waals surface area contributed by atoms with E-state index in [1.54, 1.807) is 55.5 Å². The van der Waals surface area contributed by atoms with Gasteiger partial charge in [-0.2, -0.15) is 4.99 Å². The summed E-state index contributed by atoms with van der Waals surface area (Å²) in [5, 5.41) is 14.3. The summed E-state index contributed by atoms with van der Waals surface area (Å²) < 4.78 is 12.0. The number of aliphatic imine (C=N–C) groups is 1. The minimum Gasteiger partial charge on any atom is -0.493 e. The molecule has 0 aromatic heterocycles. The Labute approximate surface area is 325 Å². The molecule has 0 unspecified atom stereocenters. The molecular formula is C41H35BrN4O7S. The minimum atomic E-state index is -0.783. The number of allylic oxidation sites excluding steroid dienone is 4. The van der Waals surface area contributed by atoms with E-state index in [2.05, 4.69) is 32.8 Å².